The molecule has 250 valence electrons. The maximum Gasteiger partial charge on any atom is 0.0978 e. The summed E-state index contributed by atoms with van der Waals surface area (Å²) < 4.78 is 0. The topological polar surface area (TPSA) is 51.6 Å². The molecule has 0 spiro atoms. The molecule has 0 amide bonds. The van der Waals surface area contributed by atoms with Crippen LogP contribution < -0.4 is 0 Å². The molecule has 2 unspecified atom stereocenters. The van der Waals surface area contributed by atoms with Crippen LogP contribution in [0.5, 0.6) is 0 Å². The zero-order valence-electron chi connectivity index (χ0n) is 29.1. The van der Waals surface area contributed by atoms with Crippen LogP contribution in [-0.2, 0) is 0 Å². The summed E-state index contributed by atoms with van der Waals surface area (Å²) in [5.74, 6) is 0.395. The number of para-hydroxylation sites is 1. The van der Waals surface area contributed by atoms with Crippen LogP contribution in [0, 0.1) is 11.8 Å². The van der Waals surface area contributed by atoms with Gasteiger partial charge in [-0.15, -0.1) is 0 Å². The van der Waals surface area contributed by atoms with Gasteiger partial charge in [0.2, 0.25) is 0 Å². The number of fused-ring (bicyclic) bond motifs is 7. The molecule has 8 aromatic rings. The van der Waals surface area contributed by atoms with E-state index in [1.807, 2.05) is 18.5 Å². The second-order valence-electron chi connectivity index (χ2n) is 14.5. The lowest BCUT2D eigenvalue weighted by Crippen LogP contribution is -2.30. The molecule has 2 atom stereocenters. The van der Waals surface area contributed by atoms with Gasteiger partial charge in [-0.25, -0.2) is 9.97 Å². The Kier molecular flexibility index (Phi) is 6.14. The molecule has 0 aliphatic heterocycles. The maximum absolute atomic E-state index is 5.47. The van der Waals surface area contributed by atoms with Crippen molar-refractivity contribution < 1.29 is 0 Å². The van der Waals surface area contributed by atoms with E-state index < -0.39 is 0 Å². The van der Waals surface area contributed by atoms with Gasteiger partial charge in [-0.2, -0.15) is 0 Å². The minimum absolute atomic E-state index is 0.192. The van der Waals surface area contributed by atoms with Gasteiger partial charge in [-0.05, 0) is 63.3 Å². The van der Waals surface area contributed by atoms with Gasteiger partial charge in [0.05, 0.1) is 33.3 Å². The first-order valence-electron chi connectivity index (χ1n) is 18.5. The van der Waals surface area contributed by atoms with Gasteiger partial charge in [-0.3, -0.25) is 9.97 Å². The van der Waals surface area contributed by atoms with Crippen molar-refractivity contribution in [2.45, 2.75) is 0 Å². The Hall–Kier alpha value is -7.04. The van der Waals surface area contributed by atoms with Gasteiger partial charge in [0, 0.05) is 62.3 Å². The molecule has 4 heterocycles. The van der Waals surface area contributed by atoms with Crippen molar-refractivity contribution in [2.75, 3.05) is 0 Å². The number of rotatable bonds is 3. The smallest absolute Gasteiger partial charge is 0.0978 e. The predicted octanol–water partition coefficient (Wildman–Crippen LogP) is 11.7. The fourth-order valence-electron chi connectivity index (χ4n) is 9.34. The Bertz CT molecular complexity index is 3210. The second kappa shape index (κ2) is 11.2. The van der Waals surface area contributed by atoms with Crippen LogP contribution in [-0.4, -0.2) is 19.9 Å². The fraction of sp³-hybridized carbons (Fsp3) is 0.0400. The van der Waals surface area contributed by atoms with Gasteiger partial charge in [-0.1, -0.05) is 134 Å². The summed E-state index contributed by atoms with van der Waals surface area (Å²) in [5.41, 5.74) is 17.0. The van der Waals surface area contributed by atoms with E-state index in [1.165, 1.54) is 50.1 Å². The molecule has 4 aliphatic carbocycles. The van der Waals surface area contributed by atoms with Crippen molar-refractivity contribution in [1.82, 2.24) is 19.9 Å². The first kappa shape index (κ1) is 29.5. The van der Waals surface area contributed by atoms with Gasteiger partial charge < -0.3 is 0 Å². The lowest BCUT2D eigenvalue weighted by molar-refractivity contribution is 0.569. The molecule has 4 aromatic heterocycles. The van der Waals surface area contributed by atoms with E-state index >= 15 is 0 Å². The lowest BCUT2D eigenvalue weighted by Gasteiger charge is -2.42. The normalized spacial score (nSPS) is 18.6. The van der Waals surface area contributed by atoms with E-state index in [-0.39, 0.29) is 11.8 Å². The van der Waals surface area contributed by atoms with Gasteiger partial charge in [0.1, 0.15) is 0 Å². The van der Waals surface area contributed by atoms with Crippen LogP contribution in [0.2, 0.25) is 0 Å². The maximum atomic E-state index is 5.47. The summed E-state index contributed by atoms with van der Waals surface area (Å²) in [5, 5.41) is 5.57. The van der Waals surface area contributed by atoms with E-state index in [4.69, 9.17) is 19.9 Å². The van der Waals surface area contributed by atoms with Crippen molar-refractivity contribution in [3.63, 3.8) is 0 Å². The molecule has 0 saturated heterocycles. The Balaban J connectivity index is 1.01. The Morgan fingerprint density at radius 3 is 2.19 bits per heavy atom. The van der Waals surface area contributed by atoms with E-state index in [9.17, 15) is 0 Å². The van der Waals surface area contributed by atoms with E-state index in [0.717, 1.165) is 60.2 Å². The van der Waals surface area contributed by atoms with Crippen molar-refractivity contribution >= 4 is 65.7 Å². The molecule has 0 N–H and O–H groups in total. The molecule has 4 nitrogen and oxygen atoms in total. The SMILES string of the molecule is C1=CC2=C(c3ccc4ccc5c(-c6ccccc6)c6ccccc6nc5c4n3)C=CC3=CC=C4C(c5ccnc6c5ccc5cccnc56)=CC=C1C4C32. The van der Waals surface area contributed by atoms with Crippen molar-refractivity contribution in [3.05, 3.63) is 204 Å². The molecule has 0 saturated carbocycles. The zero-order chi connectivity index (χ0) is 35.3. The third-order valence-corrected chi connectivity index (χ3v) is 11.8. The number of hydrogen-bond acceptors (Lipinski definition) is 4. The summed E-state index contributed by atoms with van der Waals surface area (Å²) in [6, 6.07) is 38.5. The molecule has 0 fully saturated rings. The number of aromatic nitrogens is 4. The number of pyridine rings is 4. The Morgan fingerprint density at radius 2 is 1.24 bits per heavy atom. The molecular formula is C50H30N4. The quantitative estimate of drug-likeness (QED) is 0.137. The number of allylic oxidation sites excluding steroid dienone is 14. The van der Waals surface area contributed by atoms with E-state index in [1.54, 1.807) is 0 Å². The van der Waals surface area contributed by atoms with Gasteiger partial charge >= 0.3 is 0 Å². The minimum Gasteiger partial charge on any atom is -0.254 e. The minimum atomic E-state index is 0.192. The van der Waals surface area contributed by atoms with Crippen LogP contribution in [0.15, 0.2) is 192 Å². The molecule has 0 bridgehead atoms. The average Bonchev–Trinajstić information content (AvgIpc) is 3.24. The molecule has 4 heteroatoms. The summed E-state index contributed by atoms with van der Waals surface area (Å²) >= 11 is 0. The first-order valence-corrected chi connectivity index (χ1v) is 18.5. The summed E-state index contributed by atoms with van der Waals surface area (Å²) in [4.78, 5) is 20.3. The van der Waals surface area contributed by atoms with E-state index in [0.29, 0.717) is 0 Å². The number of hydrogen-bond donors (Lipinski definition) is 0. The highest BCUT2D eigenvalue weighted by atomic mass is 14.8. The highest BCUT2D eigenvalue weighted by molar-refractivity contribution is 6.16. The van der Waals surface area contributed by atoms with Crippen LogP contribution in [0.1, 0.15) is 11.3 Å². The second-order valence-corrected chi connectivity index (χ2v) is 14.5. The summed E-state index contributed by atoms with van der Waals surface area (Å²) in [6.45, 7) is 0. The van der Waals surface area contributed by atoms with Gasteiger partial charge in [0.15, 0.2) is 0 Å². The largest absolute Gasteiger partial charge is 0.254 e. The molecule has 12 rings (SSSR count). The van der Waals surface area contributed by atoms with Crippen LogP contribution in [0.25, 0.3) is 76.8 Å². The molecule has 54 heavy (non-hydrogen) atoms. The average molecular weight is 687 g/mol. The number of nitrogens with zero attached hydrogens (tertiary/aromatic N) is 4. The Morgan fingerprint density at radius 1 is 0.463 bits per heavy atom. The highest BCUT2D eigenvalue weighted by Crippen LogP contribution is 2.54. The van der Waals surface area contributed by atoms with Crippen LogP contribution >= 0.6 is 0 Å². The predicted molar refractivity (Wildman–Crippen MR) is 221 cm³/mol. The third-order valence-electron chi connectivity index (χ3n) is 11.8. The molecular weight excluding hydrogens is 657 g/mol. The van der Waals surface area contributed by atoms with Crippen LogP contribution in [0.3, 0.4) is 0 Å². The zero-order valence-corrected chi connectivity index (χ0v) is 29.1. The fourth-order valence-corrected chi connectivity index (χ4v) is 9.34. The van der Waals surface area contributed by atoms with Crippen molar-refractivity contribution in [3.8, 4) is 11.1 Å². The van der Waals surface area contributed by atoms with Crippen LogP contribution in [0.4, 0.5) is 0 Å². The molecule has 4 aliphatic rings. The summed E-state index contributed by atoms with van der Waals surface area (Å²) in [6.07, 6.45) is 22.3. The monoisotopic (exact) mass is 686 g/mol. The summed E-state index contributed by atoms with van der Waals surface area (Å²) in [7, 11) is 0. The third kappa shape index (κ3) is 4.19. The van der Waals surface area contributed by atoms with Crippen molar-refractivity contribution in [1.29, 1.82) is 0 Å². The Labute approximate surface area is 311 Å². The lowest BCUT2D eigenvalue weighted by atomic mass is 9.61. The first-order chi connectivity index (χ1) is 26.8. The number of benzene rings is 4. The standard InChI is InChI=1S/C50H30N4/c1-2-7-29(8-3-1)44-40-10-4-5-11-42(40)54-50-41(44)24-17-33-18-25-43(53-48(33)50)36-20-13-31-14-21-37-34(19-12-30-15-22-38(36)46(31)45(30)37)35-26-28-52-49-39(35)23-16-32-9-6-27-51-47(32)49/h1-28,45-46H. The van der Waals surface area contributed by atoms with E-state index in [2.05, 4.69) is 152 Å². The van der Waals surface area contributed by atoms with Gasteiger partial charge in [0.25, 0.3) is 0 Å². The molecule has 4 aromatic carbocycles. The van der Waals surface area contributed by atoms with Crippen molar-refractivity contribution in [2.24, 2.45) is 11.8 Å². The molecule has 0 radical (unpaired) electrons. The highest BCUT2D eigenvalue weighted by Gasteiger charge is 2.41.